The first kappa shape index (κ1) is 16.0. The molecule has 1 aliphatic rings. The molecule has 5 nitrogen and oxygen atoms in total. The molecule has 2 heterocycles. The number of hydrogen-bond acceptors (Lipinski definition) is 5. The number of aryl methyl sites for hydroxylation is 1. The minimum Gasteiger partial charge on any atom is -0.365 e. The average Bonchev–Trinajstić information content (AvgIpc) is 3.04. The number of amides is 1. The zero-order chi connectivity index (χ0) is 16.2. The largest absolute Gasteiger partial charge is 0.365 e. The molecule has 1 aliphatic heterocycles. The minimum atomic E-state index is 0.0398. The first-order valence-corrected chi connectivity index (χ1v) is 8.74. The monoisotopic (exact) mass is 330 g/mol. The molecule has 1 saturated heterocycles. The van der Waals surface area contributed by atoms with Gasteiger partial charge in [-0.05, 0) is 12.5 Å². The van der Waals surface area contributed by atoms with Gasteiger partial charge in [0.2, 0.25) is 0 Å². The van der Waals surface area contributed by atoms with Crippen molar-refractivity contribution < 1.29 is 4.79 Å². The van der Waals surface area contributed by atoms with E-state index in [0.29, 0.717) is 5.69 Å². The van der Waals surface area contributed by atoms with Gasteiger partial charge in [-0.2, -0.15) is 0 Å². The predicted octanol–water partition coefficient (Wildman–Crippen LogP) is 2.45. The smallest absolute Gasteiger partial charge is 0.273 e. The molecule has 1 fully saturated rings. The summed E-state index contributed by atoms with van der Waals surface area (Å²) in [7, 11) is 1.82. The maximum atomic E-state index is 12.5. The van der Waals surface area contributed by atoms with Crippen molar-refractivity contribution >= 4 is 22.4 Å². The van der Waals surface area contributed by atoms with Crippen LogP contribution >= 0.6 is 11.3 Å². The van der Waals surface area contributed by atoms with Crippen LogP contribution in [0.2, 0.25) is 0 Å². The number of benzene rings is 1. The second kappa shape index (κ2) is 7.10. The lowest BCUT2D eigenvalue weighted by atomic mass is 10.1. The van der Waals surface area contributed by atoms with Crippen LogP contribution in [-0.2, 0) is 6.54 Å². The van der Waals surface area contributed by atoms with Crippen LogP contribution in [0.1, 0.15) is 21.6 Å². The summed E-state index contributed by atoms with van der Waals surface area (Å²) < 4.78 is 0. The maximum absolute atomic E-state index is 12.5. The summed E-state index contributed by atoms with van der Waals surface area (Å²) in [5.41, 5.74) is 3.18. The fraction of sp³-hybridized carbons (Fsp3) is 0.412. The number of carbonyl (C=O) groups excluding carboxylic acids is 1. The van der Waals surface area contributed by atoms with E-state index in [1.807, 2.05) is 17.3 Å². The lowest BCUT2D eigenvalue weighted by Gasteiger charge is -2.34. The van der Waals surface area contributed by atoms with Crippen LogP contribution in [-0.4, -0.2) is 53.9 Å². The summed E-state index contributed by atoms with van der Waals surface area (Å²) in [6.07, 6.45) is 0. The number of aromatic nitrogens is 1. The van der Waals surface area contributed by atoms with Crippen molar-refractivity contribution in [3.63, 3.8) is 0 Å². The molecule has 0 unspecified atom stereocenters. The first-order valence-electron chi connectivity index (χ1n) is 7.86. The predicted molar refractivity (Wildman–Crippen MR) is 94.0 cm³/mol. The van der Waals surface area contributed by atoms with Crippen molar-refractivity contribution in [3.8, 4) is 0 Å². The summed E-state index contributed by atoms with van der Waals surface area (Å²) >= 11 is 1.47. The van der Waals surface area contributed by atoms with Crippen LogP contribution in [0.25, 0.3) is 0 Å². The van der Waals surface area contributed by atoms with Gasteiger partial charge in [0.05, 0.1) is 0 Å². The number of piperazine rings is 1. The topological polar surface area (TPSA) is 48.5 Å². The van der Waals surface area contributed by atoms with Gasteiger partial charge in [0.15, 0.2) is 5.13 Å². The van der Waals surface area contributed by atoms with Gasteiger partial charge in [-0.25, -0.2) is 4.98 Å². The van der Waals surface area contributed by atoms with Crippen LogP contribution in [0, 0.1) is 6.92 Å². The summed E-state index contributed by atoms with van der Waals surface area (Å²) in [5.74, 6) is 0.0398. The second-order valence-corrected chi connectivity index (χ2v) is 6.70. The van der Waals surface area contributed by atoms with E-state index in [9.17, 15) is 4.79 Å². The van der Waals surface area contributed by atoms with Crippen LogP contribution in [0.5, 0.6) is 0 Å². The Morgan fingerprint density at radius 2 is 2.09 bits per heavy atom. The highest BCUT2D eigenvalue weighted by molar-refractivity contribution is 7.13. The van der Waals surface area contributed by atoms with E-state index in [1.165, 1.54) is 22.5 Å². The fourth-order valence-corrected chi connectivity index (χ4v) is 3.47. The van der Waals surface area contributed by atoms with Crippen LogP contribution in [0.3, 0.4) is 0 Å². The van der Waals surface area contributed by atoms with Crippen molar-refractivity contribution in [1.82, 2.24) is 14.8 Å². The molecule has 1 N–H and O–H groups in total. The Balaban J connectivity index is 1.54. The Hall–Kier alpha value is -1.92. The molecule has 0 aliphatic carbocycles. The number of thiazole rings is 1. The molecule has 0 spiro atoms. The van der Waals surface area contributed by atoms with Gasteiger partial charge in [-0.3, -0.25) is 9.69 Å². The van der Waals surface area contributed by atoms with Gasteiger partial charge in [0.1, 0.15) is 5.69 Å². The van der Waals surface area contributed by atoms with E-state index >= 15 is 0 Å². The molecule has 1 amide bonds. The van der Waals surface area contributed by atoms with Crippen molar-refractivity contribution in [1.29, 1.82) is 0 Å². The number of nitrogens with zero attached hydrogens (tertiary/aromatic N) is 3. The van der Waals surface area contributed by atoms with E-state index in [0.717, 1.165) is 37.9 Å². The van der Waals surface area contributed by atoms with Gasteiger partial charge < -0.3 is 10.2 Å². The second-order valence-electron chi connectivity index (χ2n) is 5.85. The zero-order valence-corrected chi connectivity index (χ0v) is 14.4. The molecule has 0 atom stereocenters. The SMILES string of the molecule is CNc1nc(C(=O)N2CCN(Cc3cccc(C)c3)CC2)cs1. The Labute approximate surface area is 140 Å². The van der Waals surface area contributed by atoms with E-state index < -0.39 is 0 Å². The van der Waals surface area contributed by atoms with Gasteiger partial charge >= 0.3 is 0 Å². The highest BCUT2D eigenvalue weighted by atomic mass is 32.1. The summed E-state index contributed by atoms with van der Waals surface area (Å²) in [6.45, 7) is 6.40. The van der Waals surface area contributed by atoms with E-state index in [4.69, 9.17) is 0 Å². The van der Waals surface area contributed by atoms with Crippen molar-refractivity contribution in [2.24, 2.45) is 0 Å². The minimum absolute atomic E-state index is 0.0398. The lowest BCUT2D eigenvalue weighted by molar-refractivity contribution is 0.0623. The quantitative estimate of drug-likeness (QED) is 0.935. The third kappa shape index (κ3) is 3.89. The van der Waals surface area contributed by atoms with Gasteiger partial charge in [0.25, 0.3) is 5.91 Å². The maximum Gasteiger partial charge on any atom is 0.273 e. The first-order chi connectivity index (χ1) is 11.2. The molecular weight excluding hydrogens is 308 g/mol. The number of rotatable bonds is 4. The van der Waals surface area contributed by atoms with Crippen molar-refractivity contribution in [3.05, 3.63) is 46.5 Å². The van der Waals surface area contributed by atoms with Gasteiger partial charge in [-0.15, -0.1) is 11.3 Å². The van der Waals surface area contributed by atoms with Crippen LogP contribution < -0.4 is 5.32 Å². The number of hydrogen-bond donors (Lipinski definition) is 1. The fourth-order valence-electron chi connectivity index (χ4n) is 2.83. The molecular formula is C17H22N4OS. The van der Waals surface area contributed by atoms with Gasteiger partial charge in [-0.1, -0.05) is 29.8 Å². The van der Waals surface area contributed by atoms with Crippen molar-refractivity contribution in [2.45, 2.75) is 13.5 Å². The number of anilines is 1. The third-order valence-electron chi connectivity index (χ3n) is 4.09. The molecule has 6 heteroatoms. The highest BCUT2D eigenvalue weighted by Crippen LogP contribution is 2.17. The third-order valence-corrected chi connectivity index (χ3v) is 4.95. The zero-order valence-electron chi connectivity index (χ0n) is 13.6. The van der Waals surface area contributed by atoms with E-state index in [-0.39, 0.29) is 5.91 Å². The molecule has 0 saturated carbocycles. The Kier molecular flexibility index (Phi) is 4.93. The molecule has 3 rings (SSSR count). The molecule has 0 bridgehead atoms. The van der Waals surface area contributed by atoms with Crippen LogP contribution in [0.4, 0.5) is 5.13 Å². The normalized spacial score (nSPS) is 15.7. The lowest BCUT2D eigenvalue weighted by Crippen LogP contribution is -2.48. The molecule has 122 valence electrons. The molecule has 2 aromatic rings. The van der Waals surface area contributed by atoms with E-state index in [1.54, 1.807) is 0 Å². The van der Waals surface area contributed by atoms with Crippen LogP contribution in [0.15, 0.2) is 29.6 Å². The standard InChI is InChI=1S/C17H22N4OS/c1-13-4-3-5-14(10-13)11-20-6-8-21(9-7-20)16(22)15-12-23-17(18-2)19-15/h3-5,10,12H,6-9,11H2,1-2H3,(H,18,19). The molecule has 23 heavy (non-hydrogen) atoms. The summed E-state index contributed by atoms with van der Waals surface area (Å²) in [4.78, 5) is 21.1. The van der Waals surface area contributed by atoms with E-state index in [2.05, 4.69) is 46.4 Å². The average molecular weight is 330 g/mol. The number of carbonyl (C=O) groups is 1. The Morgan fingerprint density at radius 3 is 2.74 bits per heavy atom. The molecule has 0 radical (unpaired) electrons. The summed E-state index contributed by atoms with van der Waals surface area (Å²) in [5, 5.41) is 5.58. The highest BCUT2D eigenvalue weighted by Gasteiger charge is 2.23. The Morgan fingerprint density at radius 1 is 1.30 bits per heavy atom. The molecule has 1 aromatic heterocycles. The summed E-state index contributed by atoms with van der Waals surface area (Å²) in [6, 6.07) is 8.62. The molecule has 1 aromatic carbocycles. The Bertz CT molecular complexity index is 677. The van der Waals surface area contributed by atoms with Gasteiger partial charge in [0, 0.05) is 45.2 Å². The number of nitrogens with one attached hydrogen (secondary N) is 1. The van der Waals surface area contributed by atoms with Crippen molar-refractivity contribution in [2.75, 3.05) is 38.5 Å².